The highest BCUT2D eigenvalue weighted by Crippen LogP contribution is 2.35. The number of unbranched alkanes of at least 4 members (excludes halogenated alkanes) is 1. The molecule has 1 heterocycles. The fraction of sp³-hybridized carbons (Fsp3) is 0.500. The molecule has 0 aliphatic carbocycles. The van der Waals surface area contributed by atoms with Crippen LogP contribution in [-0.4, -0.2) is 18.2 Å². The smallest absolute Gasteiger partial charge is 0.336 e. The van der Waals surface area contributed by atoms with E-state index in [4.69, 9.17) is 16.0 Å². The van der Waals surface area contributed by atoms with Gasteiger partial charge in [0.25, 0.3) is 0 Å². The molecule has 2 aromatic rings. The van der Waals surface area contributed by atoms with E-state index in [1.165, 1.54) is 4.90 Å². The van der Waals surface area contributed by atoms with Crippen molar-refractivity contribution >= 4 is 22.6 Å². The minimum atomic E-state index is -0.374. The molecule has 0 aliphatic heterocycles. The Balaban J connectivity index is 2.67. The number of phenolic OH excluding ortho intramolecular Hbond substituents is 1. The van der Waals surface area contributed by atoms with E-state index in [0.717, 1.165) is 43.3 Å². The lowest BCUT2D eigenvalue weighted by atomic mass is 10.0. The molecule has 2 rings (SSSR count). The highest BCUT2D eigenvalue weighted by atomic mass is 35.5. The number of halogens is 1. The summed E-state index contributed by atoms with van der Waals surface area (Å²) < 4.78 is 5.45. The van der Waals surface area contributed by atoms with Gasteiger partial charge in [0, 0.05) is 11.5 Å². The van der Waals surface area contributed by atoms with Crippen LogP contribution in [0.1, 0.15) is 44.7 Å². The van der Waals surface area contributed by atoms with Crippen LogP contribution in [0.4, 0.5) is 0 Å². The molecule has 0 fully saturated rings. The van der Waals surface area contributed by atoms with Gasteiger partial charge in [-0.2, -0.15) is 0 Å². The van der Waals surface area contributed by atoms with Gasteiger partial charge in [0.1, 0.15) is 12.3 Å². The van der Waals surface area contributed by atoms with Crippen LogP contribution in [0.3, 0.4) is 0 Å². The summed E-state index contributed by atoms with van der Waals surface area (Å²) in [6.07, 6.45) is 2.84. The highest BCUT2D eigenvalue weighted by molar-refractivity contribution is 6.33. The van der Waals surface area contributed by atoms with Crippen LogP contribution in [0.2, 0.25) is 5.02 Å². The lowest BCUT2D eigenvalue weighted by Crippen LogP contribution is -3.10. The van der Waals surface area contributed by atoms with Gasteiger partial charge in [-0.05, 0) is 38.3 Å². The largest absolute Gasteiger partial charge is 0.506 e. The van der Waals surface area contributed by atoms with E-state index in [0.29, 0.717) is 22.7 Å². The molecular weight excluding hydrogens is 314 g/mol. The highest BCUT2D eigenvalue weighted by Gasteiger charge is 2.20. The van der Waals surface area contributed by atoms with Crippen molar-refractivity contribution in [2.45, 2.75) is 46.6 Å². The van der Waals surface area contributed by atoms with Gasteiger partial charge in [0.05, 0.1) is 23.7 Å². The molecule has 4 nitrogen and oxygen atoms in total. The van der Waals surface area contributed by atoms with Gasteiger partial charge in [0.2, 0.25) is 0 Å². The second kappa shape index (κ2) is 7.84. The average Bonchev–Trinajstić information content (AvgIpc) is 2.54. The molecule has 0 bridgehead atoms. The normalized spacial score (nSPS) is 11.5. The number of aryl methyl sites for hydroxylation is 1. The quantitative estimate of drug-likeness (QED) is 0.763. The second-order valence-electron chi connectivity index (χ2n) is 5.89. The van der Waals surface area contributed by atoms with Crippen LogP contribution in [0.15, 0.2) is 21.3 Å². The summed E-state index contributed by atoms with van der Waals surface area (Å²) in [5.74, 6) is 0.0226. The topological polar surface area (TPSA) is 54.9 Å². The maximum atomic E-state index is 12.0. The average molecular weight is 339 g/mol. The summed E-state index contributed by atoms with van der Waals surface area (Å²) >= 11 is 6.23. The van der Waals surface area contributed by atoms with Crippen LogP contribution in [-0.2, 0) is 13.0 Å². The predicted octanol–water partition coefficient (Wildman–Crippen LogP) is 2.92. The predicted molar refractivity (Wildman–Crippen MR) is 93.5 cm³/mol. The minimum Gasteiger partial charge on any atom is -0.506 e. The maximum absolute atomic E-state index is 12.0. The van der Waals surface area contributed by atoms with Gasteiger partial charge in [0.15, 0.2) is 5.58 Å². The number of hydrogen-bond donors (Lipinski definition) is 2. The Morgan fingerprint density at radius 1 is 1.22 bits per heavy atom. The van der Waals surface area contributed by atoms with Gasteiger partial charge in [-0.25, -0.2) is 4.79 Å². The molecule has 0 unspecified atom stereocenters. The summed E-state index contributed by atoms with van der Waals surface area (Å²) in [4.78, 5) is 13.2. The fourth-order valence-corrected chi connectivity index (χ4v) is 3.09. The third-order valence-electron chi connectivity index (χ3n) is 4.37. The standard InChI is InChI=1S/C18H24ClNO3/c1-4-7-8-12-9-16(21)23-18-13(12)10-15(19)17(22)14(18)11-20(5-2)6-3/h9-10,22H,4-8,11H2,1-3H3/p+1. The maximum Gasteiger partial charge on any atom is 0.336 e. The lowest BCUT2D eigenvalue weighted by molar-refractivity contribution is -0.910. The first-order valence-corrected chi connectivity index (χ1v) is 8.70. The number of aromatic hydroxyl groups is 1. The van der Waals surface area contributed by atoms with Crippen molar-refractivity contribution in [2.24, 2.45) is 0 Å². The molecule has 5 heteroatoms. The van der Waals surface area contributed by atoms with Gasteiger partial charge in [-0.15, -0.1) is 0 Å². The molecule has 0 atom stereocenters. The summed E-state index contributed by atoms with van der Waals surface area (Å²) in [6.45, 7) is 8.71. The van der Waals surface area contributed by atoms with E-state index in [1.807, 2.05) is 0 Å². The molecular formula is C18H25ClNO3+. The van der Waals surface area contributed by atoms with Crippen molar-refractivity contribution in [2.75, 3.05) is 13.1 Å². The van der Waals surface area contributed by atoms with Gasteiger partial charge in [-0.3, -0.25) is 0 Å². The van der Waals surface area contributed by atoms with E-state index in [2.05, 4.69) is 20.8 Å². The summed E-state index contributed by atoms with van der Waals surface area (Å²) in [5, 5.41) is 11.5. The molecule has 0 saturated carbocycles. The number of fused-ring (bicyclic) bond motifs is 1. The molecule has 0 spiro atoms. The van der Waals surface area contributed by atoms with E-state index in [1.54, 1.807) is 12.1 Å². The first-order chi connectivity index (χ1) is 11.0. The SMILES string of the molecule is CCCCc1cc(=O)oc2c(C[NH+](CC)CC)c(O)c(Cl)cc12. The minimum absolute atomic E-state index is 0.0226. The molecule has 0 saturated heterocycles. The summed E-state index contributed by atoms with van der Waals surface area (Å²) in [5.41, 5.74) is 1.67. The van der Waals surface area contributed by atoms with Gasteiger partial charge < -0.3 is 14.4 Å². The Labute approximate surface area is 141 Å². The Kier molecular flexibility index (Phi) is 6.08. The van der Waals surface area contributed by atoms with E-state index in [-0.39, 0.29) is 11.4 Å². The number of phenols is 1. The molecule has 0 amide bonds. The first kappa shape index (κ1) is 17.8. The van der Waals surface area contributed by atoms with Crippen molar-refractivity contribution in [3.8, 4) is 5.75 Å². The van der Waals surface area contributed by atoms with Crippen LogP contribution >= 0.6 is 11.6 Å². The zero-order chi connectivity index (χ0) is 17.0. The molecule has 23 heavy (non-hydrogen) atoms. The van der Waals surface area contributed by atoms with E-state index < -0.39 is 0 Å². The number of quaternary nitrogens is 1. The summed E-state index contributed by atoms with van der Waals surface area (Å²) in [7, 11) is 0. The molecule has 0 radical (unpaired) electrons. The van der Waals surface area contributed by atoms with Crippen molar-refractivity contribution in [3.63, 3.8) is 0 Å². The Bertz CT molecular complexity index is 735. The number of rotatable bonds is 7. The summed E-state index contributed by atoms with van der Waals surface area (Å²) in [6, 6.07) is 3.25. The molecule has 0 aliphatic rings. The van der Waals surface area contributed by atoms with Crippen molar-refractivity contribution < 1.29 is 14.4 Å². The van der Waals surface area contributed by atoms with Crippen LogP contribution in [0, 0.1) is 0 Å². The van der Waals surface area contributed by atoms with E-state index >= 15 is 0 Å². The lowest BCUT2D eigenvalue weighted by Gasteiger charge is -2.18. The van der Waals surface area contributed by atoms with Crippen LogP contribution in [0.25, 0.3) is 11.0 Å². The van der Waals surface area contributed by atoms with Gasteiger partial charge in [-0.1, -0.05) is 24.9 Å². The van der Waals surface area contributed by atoms with Gasteiger partial charge >= 0.3 is 5.63 Å². The Hall–Kier alpha value is -1.52. The zero-order valence-corrected chi connectivity index (χ0v) is 14.8. The monoisotopic (exact) mass is 338 g/mol. The zero-order valence-electron chi connectivity index (χ0n) is 14.0. The Morgan fingerprint density at radius 2 is 1.91 bits per heavy atom. The number of hydrogen-bond acceptors (Lipinski definition) is 3. The fourth-order valence-electron chi connectivity index (χ4n) is 2.87. The molecule has 1 aromatic carbocycles. The molecule has 2 N–H and O–H groups in total. The second-order valence-corrected chi connectivity index (χ2v) is 6.30. The number of nitrogens with one attached hydrogen (secondary N) is 1. The Morgan fingerprint density at radius 3 is 2.52 bits per heavy atom. The van der Waals surface area contributed by atoms with Crippen molar-refractivity contribution in [1.29, 1.82) is 0 Å². The van der Waals surface area contributed by atoms with E-state index in [9.17, 15) is 9.90 Å². The first-order valence-electron chi connectivity index (χ1n) is 8.32. The third kappa shape index (κ3) is 3.88. The molecule has 1 aromatic heterocycles. The van der Waals surface area contributed by atoms with Crippen molar-refractivity contribution in [3.05, 3.63) is 38.7 Å². The van der Waals surface area contributed by atoms with Crippen LogP contribution < -0.4 is 10.5 Å². The third-order valence-corrected chi connectivity index (χ3v) is 4.66. The van der Waals surface area contributed by atoms with Crippen LogP contribution in [0.5, 0.6) is 5.75 Å². The number of benzene rings is 1. The van der Waals surface area contributed by atoms with Crippen molar-refractivity contribution in [1.82, 2.24) is 0 Å². The molecule has 126 valence electrons.